The van der Waals surface area contributed by atoms with Gasteiger partial charge in [-0.2, -0.15) is 0 Å². The number of amides is 4. The van der Waals surface area contributed by atoms with Crippen LogP contribution in [0.5, 0.6) is 0 Å². The van der Waals surface area contributed by atoms with Crippen molar-refractivity contribution in [3.8, 4) is 0 Å². The van der Waals surface area contributed by atoms with Gasteiger partial charge in [-0.15, -0.1) is 0 Å². The van der Waals surface area contributed by atoms with Crippen molar-refractivity contribution < 1.29 is 23.2 Å². The lowest BCUT2D eigenvalue weighted by Crippen LogP contribution is -2.50. The quantitative estimate of drug-likeness (QED) is 0.712. The molecule has 0 aromatic heterocycles. The normalized spacial score (nSPS) is 25.2. The van der Waals surface area contributed by atoms with Crippen molar-refractivity contribution in [2.24, 2.45) is 5.92 Å². The summed E-state index contributed by atoms with van der Waals surface area (Å²) in [5, 5.41) is 5.40. The van der Waals surface area contributed by atoms with E-state index in [4.69, 9.17) is 0 Å². The minimum absolute atomic E-state index is 0.0350. The molecule has 29 heavy (non-hydrogen) atoms. The number of urea groups is 1. The fourth-order valence-electron chi connectivity index (χ4n) is 4.29. The number of hydrogen-bond acceptors (Lipinski definition) is 3. The number of hydrogen-bond donors (Lipinski definition) is 2. The Kier molecular flexibility index (Phi) is 6.19. The first kappa shape index (κ1) is 21.2. The topological polar surface area (TPSA) is 78.5 Å². The smallest absolute Gasteiger partial charge is 0.325 e. The molecular weight excluding hydrogens is 380 g/mol. The summed E-state index contributed by atoms with van der Waals surface area (Å²) < 4.78 is 27.6. The highest BCUT2D eigenvalue weighted by atomic mass is 19.1. The van der Waals surface area contributed by atoms with Crippen LogP contribution in [-0.2, 0) is 16.0 Å². The van der Waals surface area contributed by atoms with E-state index in [1.54, 1.807) is 6.92 Å². The highest BCUT2D eigenvalue weighted by Crippen LogP contribution is 2.37. The molecule has 158 valence electrons. The van der Waals surface area contributed by atoms with E-state index in [1.165, 1.54) is 6.07 Å². The lowest BCUT2D eigenvalue weighted by atomic mass is 9.75. The van der Waals surface area contributed by atoms with Crippen molar-refractivity contribution in [3.05, 3.63) is 35.4 Å². The Hall–Kier alpha value is -2.51. The number of rotatable bonds is 6. The SMILES string of the molecule is CCC1CCC2(CC1)NC(=O)N(CC(=O)NC(C)Cc1c(F)cccc1F)C2=O. The third-order valence-electron chi connectivity index (χ3n) is 6.06. The minimum Gasteiger partial charge on any atom is -0.352 e. The second-order valence-corrected chi connectivity index (χ2v) is 8.13. The summed E-state index contributed by atoms with van der Waals surface area (Å²) in [5.74, 6) is -1.70. The molecule has 1 spiro atoms. The first-order valence-electron chi connectivity index (χ1n) is 10.1. The van der Waals surface area contributed by atoms with Gasteiger partial charge in [0, 0.05) is 11.6 Å². The van der Waals surface area contributed by atoms with E-state index in [1.807, 2.05) is 0 Å². The predicted octanol–water partition coefficient (Wildman–Crippen LogP) is 2.90. The highest BCUT2D eigenvalue weighted by molar-refractivity contribution is 6.09. The van der Waals surface area contributed by atoms with Gasteiger partial charge >= 0.3 is 6.03 Å². The Labute approximate surface area is 169 Å². The van der Waals surface area contributed by atoms with Crippen molar-refractivity contribution in [3.63, 3.8) is 0 Å². The number of benzene rings is 1. The molecule has 0 radical (unpaired) electrons. The van der Waals surface area contributed by atoms with Crippen molar-refractivity contribution in [1.29, 1.82) is 0 Å². The van der Waals surface area contributed by atoms with E-state index < -0.39 is 41.7 Å². The van der Waals surface area contributed by atoms with Gasteiger partial charge in [0.1, 0.15) is 23.7 Å². The Morgan fingerprint density at radius 2 is 1.90 bits per heavy atom. The number of imide groups is 1. The van der Waals surface area contributed by atoms with Gasteiger partial charge in [0.2, 0.25) is 5.91 Å². The molecule has 1 saturated carbocycles. The molecule has 3 rings (SSSR count). The van der Waals surface area contributed by atoms with E-state index in [0.717, 1.165) is 36.3 Å². The van der Waals surface area contributed by atoms with Crippen LogP contribution in [-0.4, -0.2) is 40.9 Å². The van der Waals surface area contributed by atoms with Crippen LogP contribution < -0.4 is 10.6 Å². The van der Waals surface area contributed by atoms with Gasteiger partial charge in [0.05, 0.1) is 0 Å². The molecule has 4 amide bonds. The molecule has 1 aliphatic heterocycles. The van der Waals surface area contributed by atoms with Crippen LogP contribution in [0.1, 0.15) is 51.5 Å². The Morgan fingerprint density at radius 1 is 1.28 bits per heavy atom. The van der Waals surface area contributed by atoms with Gasteiger partial charge in [-0.25, -0.2) is 13.6 Å². The summed E-state index contributed by atoms with van der Waals surface area (Å²) in [6.45, 7) is 3.32. The Bertz CT molecular complexity index is 786. The zero-order valence-corrected chi connectivity index (χ0v) is 16.8. The summed E-state index contributed by atoms with van der Waals surface area (Å²) in [5.41, 5.74) is -1.01. The Morgan fingerprint density at radius 3 is 2.48 bits per heavy atom. The molecule has 8 heteroatoms. The maximum Gasteiger partial charge on any atom is 0.325 e. The second-order valence-electron chi connectivity index (χ2n) is 8.13. The van der Waals surface area contributed by atoms with E-state index in [2.05, 4.69) is 17.6 Å². The number of halogens is 2. The molecule has 2 aliphatic rings. The van der Waals surface area contributed by atoms with Crippen molar-refractivity contribution >= 4 is 17.8 Å². The predicted molar refractivity (Wildman–Crippen MR) is 103 cm³/mol. The number of nitrogens with zero attached hydrogens (tertiary/aromatic N) is 1. The van der Waals surface area contributed by atoms with Crippen LogP contribution in [0.3, 0.4) is 0 Å². The standard InChI is InChI=1S/C21H27F2N3O3/c1-3-14-7-9-21(10-8-14)19(28)26(20(29)25-21)12-18(27)24-13(2)11-15-16(22)5-4-6-17(15)23/h4-6,13-14H,3,7-12H2,1-2H3,(H,24,27)(H,25,29). The minimum atomic E-state index is -0.898. The lowest BCUT2D eigenvalue weighted by molar-refractivity contribution is -0.136. The molecule has 1 saturated heterocycles. The third-order valence-corrected chi connectivity index (χ3v) is 6.06. The molecule has 1 heterocycles. The fourth-order valence-corrected chi connectivity index (χ4v) is 4.29. The molecule has 6 nitrogen and oxygen atoms in total. The van der Waals surface area contributed by atoms with Gasteiger partial charge in [-0.3, -0.25) is 14.5 Å². The van der Waals surface area contributed by atoms with E-state index in [0.29, 0.717) is 18.8 Å². The van der Waals surface area contributed by atoms with Crippen molar-refractivity contribution in [2.75, 3.05) is 6.54 Å². The van der Waals surface area contributed by atoms with Crippen LogP contribution >= 0.6 is 0 Å². The van der Waals surface area contributed by atoms with E-state index in [-0.39, 0.29) is 17.9 Å². The molecular formula is C21H27F2N3O3. The van der Waals surface area contributed by atoms with Gasteiger partial charge in [0.15, 0.2) is 0 Å². The summed E-state index contributed by atoms with van der Waals surface area (Å²) in [6.07, 6.45) is 3.91. The average molecular weight is 407 g/mol. The third kappa shape index (κ3) is 4.41. The number of carbonyl (C=O) groups is 3. The van der Waals surface area contributed by atoms with Gasteiger partial charge in [-0.05, 0) is 57.1 Å². The largest absolute Gasteiger partial charge is 0.352 e. The second kappa shape index (κ2) is 8.47. The lowest BCUT2D eigenvalue weighted by Gasteiger charge is -2.34. The number of nitrogens with one attached hydrogen (secondary N) is 2. The van der Waals surface area contributed by atoms with Crippen LogP contribution in [0.2, 0.25) is 0 Å². The summed E-state index contributed by atoms with van der Waals surface area (Å²) in [6, 6.07) is 2.47. The fraction of sp³-hybridized carbons (Fsp3) is 0.571. The first-order chi connectivity index (χ1) is 13.8. The first-order valence-corrected chi connectivity index (χ1v) is 10.1. The van der Waals surface area contributed by atoms with Crippen LogP contribution in [0, 0.1) is 17.6 Å². The van der Waals surface area contributed by atoms with Crippen LogP contribution in [0.15, 0.2) is 18.2 Å². The van der Waals surface area contributed by atoms with Crippen LogP contribution in [0.25, 0.3) is 0 Å². The number of carbonyl (C=O) groups excluding carboxylic acids is 3. The average Bonchev–Trinajstić information content (AvgIpc) is 2.89. The van der Waals surface area contributed by atoms with Gasteiger partial charge in [-0.1, -0.05) is 19.4 Å². The van der Waals surface area contributed by atoms with Crippen molar-refractivity contribution in [1.82, 2.24) is 15.5 Å². The van der Waals surface area contributed by atoms with E-state index in [9.17, 15) is 23.2 Å². The van der Waals surface area contributed by atoms with Gasteiger partial charge < -0.3 is 10.6 Å². The summed E-state index contributed by atoms with van der Waals surface area (Å²) in [4.78, 5) is 38.5. The highest BCUT2D eigenvalue weighted by Gasteiger charge is 2.52. The molecule has 1 atom stereocenters. The molecule has 2 fully saturated rings. The summed E-state index contributed by atoms with van der Waals surface area (Å²) >= 11 is 0. The molecule has 1 unspecified atom stereocenters. The van der Waals surface area contributed by atoms with Crippen molar-refractivity contribution in [2.45, 2.75) is 64.0 Å². The van der Waals surface area contributed by atoms with Crippen LogP contribution in [0.4, 0.5) is 13.6 Å². The molecule has 1 aliphatic carbocycles. The Balaban J connectivity index is 1.58. The molecule has 2 N–H and O–H groups in total. The van der Waals surface area contributed by atoms with E-state index >= 15 is 0 Å². The molecule has 1 aromatic carbocycles. The zero-order valence-electron chi connectivity index (χ0n) is 16.8. The molecule has 1 aromatic rings. The molecule has 0 bridgehead atoms. The maximum absolute atomic E-state index is 13.8. The maximum atomic E-state index is 13.8. The zero-order chi connectivity index (χ0) is 21.2. The van der Waals surface area contributed by atoms with Gasteiger partial charge in [0.25, 0.3) is 5.91 Å². The summed E-state index contributed by atoms with van der Waals surface area (Å²) in [7, 11) is 0. The monoisotopic (exact) mass is 407 g/mol.